The van der Waals surface area contributed by atoms with E-state index in [1.807, 2.05) is 6.08 Å². The van der Waals surface area contributed by atoms with E-state index >= 15 is 0 Å². The lowest BCUT2D eigenvalue weighted by Crippen LogP contribution is -2.21. The molecule has 3 rings (SSSR count). The maximum Gasteiger partial charge on any atom is 0.136 e. The van der Waals surface area contributed by atoms with Crippen molar-refractivity contribution >= 4 is 5.78 Å². The summed E-state index contributed by atoms with van der Waals surface area (Å²) in [4.78, 5) is 11.7. The minimum atomic E-state index is -0.253. The van der Waals surface area contributed by atoms with Crippen LogP contribution >= 0.6 is 0 Å². The van der Waals surface area contributed by atoms with Crippen molar-refractivity contribution < 1.29 is 9.90 Å². The average molecular weight is 262 g/mol. The first-order chi connectivity index (χ1) is 9.25. The Morgan fingerprint density at radius 3 is 2.63 bits per heavy atom. The summed E-state index contributed by atoms with van der Waals surface area (Å²) in [5.41, 5.74) is 0. The number of aliphatic hydroxyl groups is 1. The third-order valence-electron chi connectivity index (χ3n) is 5.70. The molecule has 0 radical (unpaired) electrons. The molecule has 0 spiro atoms. The molecule has 0 aromatic carbocycles. The predicted octanol–water partition coefficient (Wildman–Crippen LogP) is 3.49. The number of ketones is 1. The Balaban J connectivity index is 1.56. The van der Waals surface area contributed by atoms with Crippen LogP contribution in [-0.2, 0) is 4.79 Å². The van der Waals surface area contributed by atoms with Crippen molar-refractivity contribution in [2.45, 2.75) is 63.9 Å². The second-order valence-electron chi connectivity index (χ2n) is 6.79. The highest BCUT2D eigenvalue weighted by atomic mass is 16.3. The molecule has 2 heteroatoms. The Hall–Kier alpha value is -0.630. The van der Waals surface area contributed by atoms with Gasteiger partial charge in [0.1, 0.15) is 5.78 Å². The average Bonchev–Trinajstić information content (AvgIpc) is 3.01. The first kappa shape index (κ1) is 13.4. The zero-order valence-electron chi connectivity index (χ0n) is 11.8. The fraction of sp³-hybridized carbons (Fsp3) is 0.824. The lowest BCUT2D eigenvalue weighted by molar-refractivity contribution is -0.120. The standard InChI is InChI=1S/C17H26O2/c18-16(13-4-2-1-3-5-13)10-7-12-6-8-15-14(12)9-11-17(15)19/h7,10,12-16,18H,1-6,8-9,11H2/b10-7+. The van der Waals surface area contributed by atoms with Crippen LogP contribution in [0.4, 0.5) is 0 Å². The van der Waals surface area contributed by atoms with Gasteiger partial charge in [0, 0.05) is 12.3 Å². The van der Waals surface area contributed by atoms with E-state index in [1.165, 1.54) is 32.1 Å². The molecule has 2 nitrogen and oxygen atoms in total. The van der Waals surface area contributed by atoms with Gasteiger partial charge >= 0.3 is 0 Å². The summed E-state index contributed by atoms with van der Waals surface area (Å²) < 4.78 is 0. The van der Waals surface area contributed by atoms with Gasteiger partial charge in [0.15, 0.2) is 0 Å². The van der Waals surface area contributed by atoms with Crippen LogP contribution in [0.15, 0.2) is 12.2 Å². The quantitative estimate of drug-likeness (QED) is 0.791. The van der Waals surface area contributed by atoms with Crippen molar-refractivity contribution in [1.82, 2.24) is 0 Å². The molecule has 4 unspecified atom stereocenters. The van der Waals surface area contributed by atoms with E-state index in [9.17, 15) is 9.90 Å². The number of hydrogen-bond acceptors (Lipinski definition) is 2. The largest absolute Gasteiger partial charge is 0.389 e. The summed E-state index contributed by atoms with van der Waals surface area (Å²) in [5, 5.41) is 10.3. The van der Waals surface area contributed by atoms with Gasteiger partial charge in [-0.3, -0.25) is 4.79 Å². The second-order valence-corrected chi connectivity index (χ2v) is 6.79. The van der Waals surface area contributed by atoms with Gasteiger partial charge in [-0.2, -0.15) is 0 Å². The molecule has 4 atom stereocenters. The molecule has 0 bridgehead atoms. The van der Waals surface area contributed by atoms with Gasteiger partial charge in [-0.05, 0) is 49.9 Å². The highest BCUT2D eigenvalue weighted by Crippen LogP contribution is 2.46. The lowest BCUT2D eigenvalue weighted by atomic mass is 9.84. The third kappa shape index (κ3) is 2.79. The number of Topliss-reactive ketones (excluding diaryl/α,β-unsaturated/α-hetero) is 1. The molecule has 0 heterocycles. The van der Waals surface area contributed by atoms with E-state index in [4.69, 9.17) is 0 Å². The molecule has 3 aliphatic carbocycles. The molecule has 0 aromatic heterocycles. The lowest BCUT2D eigenvalue weighted by Gasteiger charge is -2.25. The van der Waals surface area contributed by atoms with Crippen molar-refractivity contribution in [2.24, 2.45) is 23.7 Å². The monoisotopic (exact) mass is 262 g/mol. The fourth-order valence-electron chi connectivity index (χ4n) is 4.54. The topological polar surface area (TPSA) is 37.3 Å². The number of allylic oxidation sites excluding steroid dienone is 1. The highest BCUT2D eigenvalue weighted by Gasteiger charge is 2.42. The third-order valence-corrected chi connectivity index (χ3v) is 5.70. The zero-order chi connectivity index (χ0) is 13.2. The first-order valence-corrected chi connectivity index (χ1v) is 8.15. The van der Waals surface area contributed by atoms with Crippen LogP contribution in [0, 0.1) is 23.7 Å². The van der Waals surface area contributed by atoms with Crippen LogP contribution in [0.3, 0.4) is 0 Å². The van der Waals surface area contributed by atoms with Crippen LogP contribution in [-0.4, -0.2) is 17.0 Å². The minimum Gasteiger partial charge on any atom is -0.389 e. The van der Waals surface area contributed by atoms with Crippen LogP contribution in [0.25, 0.3) is 0 Å². The Morgan fingerprint density at radius 1 is 1.05 bits per heavy atom. The zero-order valence-corrected chi connectivity index (χ0v) is 11.8. The Bertz CT molecular complexity index is 354. The van der Waals surface area contributed by atoms with Gasteiger partial charge in [-0.25, -0.2) is 0 Å². The molecule has 1 N–H and O–H groups in total. The summed E-state index contributed by atoms with van der Waals surface area (Å²) in [7, 11) is 0. The normalized spacial score (nSPS) is 37.9. The molecule has 0 aliphatic heterocycles. The number of carbonyl (C=O) groups is 1. The van der Waals surface area contributed by atoms with Crippen molar-refractivity contribution in [3.63, 3.8) is 0 Å². The second kappa shape index (κ2) is 5.78. The Morgan fingerprint density at radius 2 is 1.84 bits per heavy atom. The molecule has 3 aliphatic rings. The van der Waals surface area contributed by atoms with Crippen molar-refractivity contribution in [1.29, 1.82) is 0 Å². The van der Waals surface area contributed by atoms with Crippen molar-refractivity contribution in [2.75, 3.05) is 0 Å². The van der Waals surface area contributed by atoms with Crippen molar-refractivity contribution in [3.05, 3.63) is 12.2 Å². The van der Waals surface area contributed by atoms with E-state index in [0.717, 1.165) is 25.7 Å². The molecule has 3 saturated carbocycles. The van der Waals surface area contributed by atoms with E-state index in [2.05, 4.69) is 6.08 Å². The SMILES string of the molecule is O=C1CCC2C(/C=C/C(O)C3CCCCC3)CCC12. The number of aliphatic hydroxyl groups excluding tert-OH is 1. The summed E-state index contributed by atoms with van der Waals surface area (Å²) in [6.07, 6.45) is 14.4. The summed E-state index contributed by atoms with van der Waals surface area (Å²) in [5.74, 6) is 2.46. The van der Waals surface area contributed by atoms with E-state index < -0.39 is 0 Å². The fourth-order valence-corrected chi connectivity index (χ4v) is 4.54. The highest BCUT2D eigenvalue weighted by molar-refractivity contribution is 5.83. The van der Waals surface area contributed by atoms with E-state index in [0.29, 0.717) is 29.5 Å². The van der Waals surface area contributed by atoms with E-state index in [-0.39, 0.29) is 6.10 Å². The number of fused-ring (bicyclic) bond motifs is 1. The Kier molecular flexibility index (Phi) is 4.07. The summed E-state index contributed by atoms with van der Waals surface area (Å²) in [6.45, 7) is 0. The van der Waals surface area contributed by atoms with Gasteiger partial charge in [0.2, 0.25) is 0 Å². The van der Waals surface area contributed by atoms with Gasteiger partial charge in [0.05, 0.1) is 6.10 Å². The van der Waals surface area contributed by atoms with E-state index in [1.54, 1.807) is 0 Å². The summed E-state index contributed by atoms with van der Waals surface area (Å²) >= 11 is 0. The van der Waals surface area contributed by atoms with Gasteiger partial charge in [-0.1, -0.05) is 31.4 Å². The molecule has 106 valence electrons. The maximum absolute atomic E-state index is 11.7. The van der Waals surface area contributed by atoms with Gasteiger partial charge < -0.3 is 5.11 Å². The molecule has 0 aromatic rings. The number of hydrogen-bond donors (Lipinski definition) is 1. The number of carbonyl (C=O) groups excluding carboxylic acids is 1. The summed E-state index contributed by atoms with van der Waals surface area (Å²) in [6, 6.07) is 0. The molecule has 0 amide bonds. The van der Waals surface area contributed by atoms with Gasteiger partial charge in [-0.15, -0.1) is 0 Å². The molecular formula is C17H26O2. The number of rotatable bonds is 3. The van der Waals surface area contributed by atoms with Gasteiger partial charge in [0.25, 0.3) is 0 Å². The molecule has 19 heavy (non-hydrogen) atoms. The molecule has 3 fully saturated rings. The molecule has 0 saturated heterocycles. The first-order valence-electron chi connectivity index (χ1n) is 8.15. The van der Waals surface area contributed by atoms with Crippen LogP contribution in [0.1, 0.15) is 57.8 Å². The maximum atomic E-state index is 11.7. The van der Waals surface area contributed by atoms with Crippen LogP contribution < -0.4 is 0 Å². The van der Waals surface area contributed by atoms with Crippen LogP contribution in [0.2, 0.25) is 0 Å². The Labute approximate surface area is 116 Å². The predicted molar refractivity (Wildman–Crippen MR) is 75.7 cm³/mol. The van der Waals surface area contributed by atoms with Crippen molar-refractivity contribution in [3.8, 4) is 0 Å². The smallest absolute Gasteiger partial charge is 0.136 e. The van der Waals surface area contributed by atoms with Crippen LogP contribution in [0.5, 0.6) is 0 Å². The minimum absolute atomic E-state index is 0.253. The molecular weight excluding hydrogens is 236 g/mol.